The zero-order chi connectivity index (χ0) is 13.8. The zero-order valence-electron chi connectivity index (χ0n) is 12.0. The van der Waals surface area contributed by atoms with E-state index in [2.05, 4.69) is 12.2 Å². The van der Waals surface area contributed by atoms with Gasteiger partial charge in [0.25, 0.3) is 0 Å². The fraction of sp³-hybridized carbons (Fsp3) is 0.533. The molecule has 0 heterocycles. The van der Waals surface area contributed by atoms with E-state index in [9.17, 15) is 4.79 Å². The fourth-order valence-electron chi connectivity index (χ4n) is 1.93. The Hall–Kier alpha value is -1.51. The van der Waals surface area contributed by atoms with Crippen LogP contribution in [0.2, 0.25) is 0 Å². The average molecular weight is 249 g/mol. The molecule has 0 aliphatic heterocycles. The molecule has 1 aromatic rings. The molecule has 0 bridgehead atoms. The number of ether oxygens (including phenoxy) is 1. The van der Waals surface area contributed by atoms with Crippen LogP contribution in [-0.4, -0.2) is 13.0 Å². The monoisotopic (exact) mass is 249 g/mol. The molecule has 0 saturated heterocycles. The molecule has 100 valence electrons. The number of benzene rings is 1. The highest BCUT2D eigenvalue weighted by molar-refractivity contribution is 5.96. The van der Waals surface area contributed by atoms with Crippen LogP contribution in [0.1, 0.15) is 39.2 Å². The first-order valence-electron chi connectivity index (χ1n) is 6.37. The number of aryl methyl sites for hydroxylation is 1. The van der Waals surface area contributed by atoms with Gasteiger partial charge in [0.1, 0.15) is 5.75 Å². The molecule has 0 fully saturated rings. The van der Waals surface area contributed by atoms with Crippen molar-refractivity contribution in [1.29, 1.82) is 0 Å². The summed E-state index contributed by atoms with van der Waals surface area (Å²) in [4.78, 5) is 12.2. The number of anilines is 1. The minimum atomic E-state index is -0.357. The lowest BCUT2D eigenvalue weighted by atomic mass is 9.87. The van der Waals surface area contributed by atoms with Crippen LogP contribution in [0.5, 0.6) is 5.75 Å². The smallest absolute Gasteiger partial charge is 0.230 e. The molecule has 0 spiro atoms. The Balaban J connectivity index is 2.88. The first-order valence-corrected chi connectivity index (χ1v) is 6.37. The van der Waals surface area contributed by atoms with Crippen LogP contribution in [0.4, 0.5) is 5.69 Å². The van der Waals surface area contributed by atoms with E-state index in [4.69, 9.17) is 4.74 Å². The molecule has 3 heteroatoms. The standard InChI is InChI=1S/C15H23NO2/c1-6-9-15(3,4)14(17)16-12-8-7-11(2)10-13(12)18-5/h7-8,10H,6,9H2,1-5H3,(H,16,17). The maximum Gasteiger partial charge on any atom is 0.230 e. The average Bonchev–Trinajstić information content (AvgIpc) is 2.31. The van der Waals surface area contributed by atoms with Crippen molar-refractivity contribution in [3.63, 3.8) is 0 Å². The normalized spacial score (nSPS) is 11.2. The molecular formula is C15H23NO2. The lowest BCUT2D eigenvalue weighted by Gasteiger charge is -2.23. The van der Waals surface area contributed by atoms with E-state index in [0.717, 1.165) is 24.1 Å². The summed E-state index contributed by atoms with van der Waals surface area (Å²) in [6, 6.07) is 5.77. The van der Waals surface area contributed by atoms with E-state index >= 15 is 0 Å². The Bertz CT molecular complexity index is 425. The third-order valence-electron chi connectivity index (χ3n) is 3.09. The number of hydrogen-bond acceptors (Lipinski definition) is 2. The number of nitrogens with one attached hydrogen (secondary N) is 1. The van der Waals surface area contributed by atoms with Gasteiger partial charge in [-0.15, -0.1) is 0 Å². The number of hydrogen-bond donors (Lipinski definition) is 1. The van der Waals surface area contributed by atoms with Gasteiger partial charge in [-0.2, -0.15) is 0 Å². The first-order chi connectivity index (χ1) is 8.40. The van der Waals surface area contributed by atoms with Crippen LogP contribution >= 0.6 is 0 Å². The van der Waals surface area contributed by atoms with Crippen molar-refractivity contribution < 1.29 is 9.53 Å². The maximum atomic E-state index is 12.2. The predicted octanol–water partition coefficient (Wildman–Crippen LogP) is 3.77. The fourth-order valence-corrected chi connectivity index (χ4v) is 1.93. The van der Waals surface area contributed by atoms with Gasteiger partial charge in [-0.25, -0.2) is 0 Å². The Morgan fingerprint density at radius 1 is 1.39 bits per heavy atom. The molecule has 0 unspecified atom stereocenters. The summed E-state index contributed by atoms with van der Waals surface area (Å²) in [6.45, 7) is 8.01. The van der Waals surface area contributed by atoms with Crippen LogP contribution in [0, 0.1) is 12.3 Å². The molecule has 0 atom stereocenters. The van der Waals surface area contributed by atoms with Crippen molar-refractivity contribution in [3.05, 3.63) is 23.8 Å². The summed E-state index contributed by atoms with van der Waals surface area (Å²) in [5.74, 6) is 0.738. The SMILES string of the molecule is CCCC(C)(C)C(=O)Nc1ccc(C)cc1OC. The van der Waals surface area contributed by atoms with Crippen molar-refractivity contribution >= 4 is 11.6 Å². The molecule has 18 heavy (non-hydrogen) atoms. The highest BCUT2D eigenvalue weighted by atomic mass is 16.5. The van der Waals surface area contributed by atoms with Gasteiger partial charge in [0.15, 0.2) is 0 Å². The number of rotatable bonds is 5. The van der Waals surface area contributed by atoms with Crippen LogP contribution in [-0.2, 0) is 4.79 Å². The summed E-state index contributed by atoms with van der Waals surface area (Å²) in [5, 5.41) is 2.95. The molecule has 0 aliphatic rings. The Labute approximate surface area is 110 Å². The molecule has 1 amide bonds. The highest BCUT2D eigenvalue weighted by Crippen LogP contribution is 2.29. The minimum absolute atomic E-state index is 0.0338. The largest absolute Gasteiger partial charge is 0.495 e. The van der Waals surface area contributed by atoms with Crippen LogP contribution in [0.25, 0.3) is 0 Å². The van der Waals surface area contributed by atoms with Gasteiger partial charge >= 0.3 is 0 Å². The quantitative estimate of drug-likeness (QED) is 0.862. The number of carbonyl (C=O) groups is 1. The van der Waals surface area contributed by atoms with Crippen molar-refractivity contribution in [2.75, 3.05) is 12.4 Å². The second-order valence-electron chi connectivity index (χ2n) is 5.29. The molecule has 0 aliphatic carbocycles. The van der Waals surface area contributed by atoms with Crippen LogP contribution < -0.4 is 10.1 Å². The topological polar surface area (TPSA) is 38.3 Å². The third-order valence-corrected chi connectivity index (χ3v) is 3.09. The molecule has 1 aromatic carbocycles. The Morgan fingerprint density at radius 2 is 2.06 bits per heavy atom. The summed E-state index contributed by atoms with van der Waals surface area (Å²) >= 11 is 0. The molecule has 1 N–H and O–H groups in total. The summed E-state index contributed by atoms with van der Waals surface area (Å²) in [6.07, 6.45) is 1.86. The van der Waals surface area contributed by atoms with E-state index in [1.807, 2.05) is 39.0 Å². The molecule has 0 saturated carbocycles. The zero-order valence-corrected chi connectivity index (χ0v) is 12.0. The summed E-state index contributed by atoms with van der Waals surface area (Å²) in [5.41, 5.74) is 1.49. The first kappa shape index (κ1) is 14.6. The third kappa shape index (κ3) is 3.49. The van der Waals surface area contributed by atoms with Crippen molar-refractivity contribution in [1.82, 2.24) is 0 Å². The van der Waals surface area contributed by atoms with Crippen LogP contribution in [0.15, 0.2) is 18.2 Å². The Morgan fingerprint density at radius 3 is 2.61 bits per heavy atom. The van der Waals surface area contributed by atoms with Crippen molar-refractivity contribution in [2.24, 2.45) is 5.41 Å². The van der Waals surface area contributed by atoms with Gasteiger partial charge in [0, 0.05) is 5.41 Å². The molecule has 0 radical (unpaired) electrons. The van der Waals surface area contributed by atoms with Gasteiger partial charge in [0.2, 0.25) is 5.91 Å². The number of carbonyl (C=O) groups excluding carboxylic acids is 1. The van der Waals surface area contributed by atoms with Gasteiger partial charge < -0.3 is 10.1 Å². The van der Waals surface area contributed by atoms with Gasteiger partial charge in [-0.3, -0.25) is 4.79 Å². The van der Waals surface area contributed by atoms with Crippen molar-refractivity contribution in [3.8, 4) is 5.75 Å². The van der Waals surface area contributed by atoms with Gasteiger partial charge in [0.05, 0.1) is 12.8 Å². The predicted molar refractivity (Wildman–Crippen MR) is 75.0 cm³/mol. The molecule has 1 rings (SSSR count). The minimum Gasteiger partial charge on any atom is -0.495 e. The van der Waals surface area contributed by atoms with E-state index in [-0.39, 0.29) is 11.3 Å². The molecule has 3 nitrogen and oxygen atoms in total. The van der Waals surface area contributed by atoms with Gasteiger partial charge in [-0.05, 0) is 31.0 Å². The van der Waals surface area contributed by atoms with Gasteiger partial charge in [-0.1, -0.05) is 33.3 Å². The lowest BCUT2D eigenvalue weighted by Crippen LogP contribution is -2.30. The number of methoxy groups -OCH3 is 1. The van der Waals surface area contributed by atoms with Crippen LogP contribution in [0.3, 0.4) is 0 Å². The summed E-state index contributed by atoms with van der Waals surface area (Å²) < 4.78 is 5.28. The highest BCUT2D eigenvalue weighted by Gasteiger charge is 2.27. The van der Waals surface area contributed by atoms with E-state index in [1.165, 1.54) is 0 Å². The molecule has 0 aromatic heterocycles. The van der Waals surface area contributed by atoms with E-state index in [0.29, 0.717) is 5.75 Å². The second kappa shape index (κ2) is 5.89. The number of amides is 1. The van der Waals surface area contributed by atoms with E-state index in [1.54, 1.807) is 7.11 Å². The second-order valence-corrected chi connectivity index (χ2v) is 5.29. The molecular weight excluding hydrogens is 226 g/mol. The van der Waals surface area contributed by atoms with Crippen molar-refractivity contribution in [2.45, 2.75) is 40.5 Å². The Kier molecular flexibility index (Phi) is 4.76. The lowest BCUT2D eigenvalue weighted by molar-refractivity contribution is -0.124. The maximum absolute atomic E-state index is 12.2. The van der Waals surface area contributed by atoms with E-state index < -0.39 is 0 Å². The summed E-state index contributed by atoms with van der Waals surface area (Å²) in [7, 11) is 1.61.